The van der Waals surface area contributed by atoms with Gasteiger partial charge in [0.05, 0.1) is 5.02 Å². The first-order chi connectivity index (χ1) is 7.84. The van der Waals surface area contributed by atoms with Gasteiger partial charge in [0.25, 0.3) is 0 Å². The number of ether oxygens (including phenoxy) is 1. The van der Waals surface area contributed by atoms with Gasteiger partial charge in [0.15, 0.2) is 0 Å². The Morgan fingerprint density at radius 2 is 2.25 bits per heavy atom. The summed E-state index contributed by atoms with van der Waals surface area (Å²) < 4.78 is 4.99. The molecule has 1 heterocycles. The van der Waals surface area contributed by atoms with E-state index in [9.17, 15) is 0 Å². The molecule has 1 aromatic heterocycles. The van der Waals surface area contributed by atoms with Crippen molar-refractivity contribution in [1.29, 1.82) is 0 Å². The lowest BCUT2D eigenvalue weighted by Crippen LogP contribution is -2.15. The number of nitrogens with zero attached hydrogens (tertiary/aromatic N) is 1. The van der Waals surface area contributed by atoms with Gasteiger partial charge in [0.1, 0.15) is 0 Å². The molecular weight excluding hydrogens is 224 g/mol. The molecule has 90 valence electrons. The molecule has 0 amide bonds. The molecule has 0 radical (unpaired) electrons. The predicted octanol–water partition coefficient (Wildman–Crippen LogP) is 2.64. The Balaban J connectivity index is 2.05. The number of nitrogens with one attached hydrogen (secondary N) is 1. The van der Waals surface area contributed by atoms with Gasteiger partial charge in [-0.1, -0.05) is 11.6 Å². The Kier molecular flexibility index (Phi) is 7.14. The molecule has 0 fully saturated rings. The third-order valence-electron chi connectivity index (χ3n) is 2.37. The molecule has 0 aliphatic heterocycles. The quantitative estimate of drug-likeness (QED) is 0.712. The fourth-order valence-electron chi connectivity index (χ4n) is 1.44. The summed E-state index contributed by atoms with van der Waals surface area (Å²) in [7, 11) is 1.74. The Morgan fingerprint density at radius 1 is 1.38 bits per heavy atom. The Hall–Kier alpha value is -0.640. The molecule has 4 heteroatoms. The van der Waals surface area contributed by atoms with Crippen LogP contribution in [0.4, 0.5) is 0 Å². The van der Waals surface area contributed by atoms with Crippen LogP contribution in [0.1, 0.15) is 24.8 Å². The van der Waals surface area contributed by atoms with Crippen molar-refractivity contribution in [2.45, 2.75) is 25.8 Å². The van der Waals surface area contributed by atoms with Crippen LogP contribution in [0.2, 0.25) is 5.02 Å². The molecule has 0 aromatic carbocycles. The maximum absolute atomic E-state index is 5.99. The number of halogens is 1. The van der Waals surface area contributed by atoms with Crippen molar-refractivity contribution in [2.75, 3.05) is 20.3 Å². The molecule has 0 bridgehead atoms. The molecule has 3 nitrogen and oxygen atoms in total. The summed E-state index contributed by atoms with van der Waals surface area (Å²) in [4.78, 5) is 3.95. The summed E-state index contributed by atoms with van der Waals surface area (Å²) in [6.07, 6.45) is 6.95. The standard InChI is InChI=1S/C12H19ClN2O/c1-16-8-4-2-3-6-14-9-11-5-7-15-10-12(11)13/h5,7,10,14H,2-4,6,8-9H2,1H3. The number of rotatable bonds is 8. The van der Waals surface area contributed by atoms with Crippen LogP contribution in [-0.2, 0) is 11.3 Å². The van der Waals surface area contributed by atoms with Gasteiger partial charge in [-0.3, -0.25) is 4.98 Å². The fourth-order valence-corrected chi connectivity index (χ4v) is 1.63. The van der Waals surface area contributed by atoms with Crippen LogP contribution in [0.25, 0.3) is 0 Å². The summed E-state index contributed by atoms with van der Waals surface area (Å²) >= 11 is 5.99. The molecule has 0 aliphatic rings. The maximum atomic E-state index is 5.99. The van der Waals surface area contributed by atoms with Crippen molar-refractivity contribution < 1.29 is 4.74 Å². The first-order valence-electron chi connectivity index (χ1n) is 5.62. The molecule has 16 heavy (non-hydrogen) atoms. The molecule has 0 spiro atoms. The fraction of sp³-hybridized carbons (Fsp3) is 0.583. The average molecular weight is 243 g/mol. The van der Waals surface area contributed by atoms with Gasteiger partial charge in [-0.15, -0.1) is 0 Å². The van der Waals surface area contributed by atoms with Gasteiger partial charge in [0.2, 0.25) is 0 Å². The van der Waals surface area contributed by atoms with E-state index in [2.05, 4.69) is 10.3 Å². The summed E-state index contributed by atoms with van der Waals surface area (Å²) in [6.45, 7) is 2.68. The van der Waals surface area contributed by atoms with Crippen LogP contribution in [-0.4, -0.2) is 25.2 Å². The second-order valence-corrected chi connectivity index (χ2v) is 4.10. The number of methoxy groups -OCH3 is 1. The third-order valence-corrected chi connectivity index (χ3v) is 2.71. The van der Waals surface area contributed by atoms with E-state index in [1.54, 1.807) is 19.5 Å². The number of hydrogen-bond acceptors (Lipinski definition) is 3. The van der Waals surface area contributed by atoms with Crippen molar-refractivity contribution in [2.24, 2.45) is 0 Å². The zero-order valence-electron chi connectivity index (χ0n) is 9.71. The highest BCUT2D eigenvalue weighted by molar-refractivity contribution is 6.31. The van der Waals surface area contributed by atoms with Gasteiger partial charge in [0, 0.05) is 32.7 Å². The van der Waals surface area contributed by atoms with E-state index in [4.69, 9.17) is 16.3 Å². The number of aromatic nitrogens is 1. The maximum Gasteiger partial charge on any atom is 0.0634 e. The van der Waals surface area contributed by atoms with Gasteiger partial charge < -0.3 is 10.1 Å². The van der Waals surface area contributed by atoms with Crippen molar-refractivity contribution in [3.63, 3.8) is 0 Å². The monoisotopic (exact) mass is 242 g/mol. The van der Waals surface area contributed by atoms with E-state index in [0.717, 1.165) is 36.7 Å². The van der Waals surface area contributed by atoms with Crippen LogP contribution in [0.15, 0.2) is 18.5 Å². The van der Waals surface area contributed by atoms with Gasteiger partial charge >= 0.3 is 0 Å². The molecule has 0 saturated heterocycles. The molecule has 1 aromatic rings. The van der Waals surface area contributed by atoms with Crippen molar-refractivity contribution in [3.05, 3.63) is 29.0 Å². The molecule has 1 N–H and O–H groups in total. The molecule has 0 aliphatic carbocycles. The minimum Gasteiger partial charge on any atom is -0.385 e. The minimum absolute atomic E-state index is 0.731. The highest BCUT2D eigenvalue weighted by Crippen LogP contribution is 2.12. The van der Waals surface area contributed by atoms with Crippen LogP contribution in [0.5, 0.6) is 0 Å². The first-order valence-corrected chi connectivity index (χ1v) is 6.00. The lowest BCUT2D eigenvalue weighted by Gasteiger charge is -2.06. The van der Waals surface area contributed by atoms with E-state index in [-0.39, 0.29) is 0 Å². The summed E-state index contributed by atoms with van der Waals surface area (Å²) in [5.74, 6) is 0. The van der Waals surface area contributed by atoms with Crippen molar-refractivity contribution in [1.82, 2.24) is 10.3 Å². The van der Waals surface area contributed by atoms with Gasteiger partial charge in [-0.25, -0.2) is 0 Å². The second-order valence-electron chi connectivity index (χ2n) is 3.70. The molecule has 0 unspecified atom stereocenters. The Labute approximate surface area is 102 Å². The zero-order chi connectivity index (χ0) is 11.6. The highest BCUT2D eigenvalue weighted by Gasteiger charge is 1.98. The number of unbranched alkanes of at least 4 members (excludes halogenated alkanes) is 2. The average Bonchev–Trinajstić information content (AvgIpc) is 2.30. The Morgan fingerprint density at radius 3 is 3.00 bits per heavy atom. The van der Waals surface area contributed by atoms with Crippen molar-refractivity contribution >= 4 is 11.6 Å². The van der Waals surface area contributed by atoms with Crippen LogP contribution >= 0.6 is 11.6 Å². The lowest BCUT2D eigenvalue weighted by molar-refractivity contribution is 0.192. The highest BCUT2D eigenvalue weighted by atomic mass is 35.5. The van der Waals surface area contributed by atoms with E-state index >= 15 is 0 Å². The van der Waals surface area contributed by atoms with E-state index < -0.39 is 0 Å². The van der Waals surface area contributed by atoms with E-state index in [1.807, 2.05) is 6.07 Å². The molecule has 1 rings (SSSR count). The van der Waals surface area contributed by atoms with Gasteiger partial charge in [-0.05, 0) is 37.4 Å². The molecule has 0 saturated carbocycles. The summed E-state index contributed by atoms with van der Waals surface area (Å²) in [5, 5.41) is 4.10. The van der Waals surface area contributed by atoms with Crippen LogP contribution in [0.3, 0.4) is 0 Å². The largest absolute Gasteiger partial charge is 0.385 e. The second kappa shape index (κ2) is 8.50. The normalized spacial score (nSPS) is 10.6. The minimum atomic E-state index is 0.731. The summed E-state index contributed by atoms with van der Waals surface area (Å²) in [6, 6.07) is 1.94. The van der Waals surface area contributed by atoms with Crippen LogP contribution in [0, 0.1) is 0 Å². The molecular formula is C12H19ClN2O. The van der Waals surface area contributed by atoms with Crippen molar-refractivity contribution in [3.8, 4) is 0 Å². The number of pyridine rings is 1. The zero-order valence-corrected chi connectivity index (χ0v) is 10.5. The number of hydrogen-bond donors (Lipinski definition) is 1. The van der Waals surface area contributed by atoms with E-state index in [0.29, 0.717) is 0 Å². The Bertz CT molecular complexity index is 294. The predicted molar refractivity (Wildman–Crippen MR) is 66.7 cm³/mol. The van der Waals surface area contributed by atoms with Gasteiger partial charge in [-0.2, -0.15) is 0 Å². The first kappa shape index (κ1) is 13.4. The smallest absolute Gasteiger partial charge is 0.0634 e. The SMILES string of the molecule is COCCCCCNCc1ccncc1Cl. The lowest BCUT2D eigenvalue weighted by atomic mass is 10.2. The van der Waals surface area contributed by atoms with Crippen LogP contribution < -0.4 is 5.32 Å². The molecule has 0 atom stereocenters. The topological polar surface area (TPSA) is 34.1 Å². The summed E-state index contributed by atoms with van der Waals surface area (Å²) in [5.41, 5.74) is 1.11. The third kappa shape index (κ3) is 5.45. The van der Waals surface area contributed by atoms with E-state index in [1.165, 1.54) is 12.8 Å².